The minimum Gasteiger partial charge on any atom is -0.313 e. The van der Waals surface area contributed by atoms with Crippen molar-refractivity contribution in [2.75, 3.05) is 0 Å². The van der Waals surface area contributed by atoms with Crippen LogP contribution in [0.15, 0.2) is 10.9 Å². The number of aromatic nitrogens is 1. The molecule has 1 aromatic rings. The largest absolute Gasteiger partial charge is 0.313 e. The molecule has 0 aliphatic rings. The van der Waals surface area contributed by atoms with Crippen LogP contribution < -0.4 is 5.56 Å². The van der Waals surface area contributed by atoms with Crippen molar-refractivity contribution in [2.24, 2.45) is 0 Å². The van der Waals surface area contributed by atoms with Gasteiger partial charge in [0.05, 0.1) is 11.1 Å². The average Bonchev–Trinajstić information content (AvgIpc) is 2.01. The maximum absolute atomic E-state index is 12.4. The first-order valence-electron chi connectivity index (χ1n) is 3.34. The Balaban J connectivity index is 3.52. The fraction of sp³-hybridized carbons (Fsp3) is 0.143. The summed E-state index contributed by atoms with van der Waals surface area (Å²) in [6.45, 7) is 0. The quantitative estimate of drug-likeness (QED) is 0.639. The van der Waals surface area contributed by atoms with Crippen molar-refractivity contribution in [1.29, 1.82) is 0 Å². The van der Waals surface area contributed by atoms with Crippen LogP contribution in [0.25, 0.3) is 0 Å². The van der Waals surface area contributed by atoms with Gasteiger partial charge >= 0.3 is 0 Å². The van der Waals surface area contributed by atoms with E-state index in [1.54, 1.807) is 0 Å². The molecule has 0 aliphatic carbocycles. The van der Waals surface area contributed by atoms with Gasteiger partial charge in [0.1, 0.15) is 5.15 Å². The van der Waals surface area contributed by atoms with E-state index in [2.05, 4.69) is 0 Å². The van der Waals surface area contributed by atoms with Gasteiger partial charge in [-0.05, 0) is 11.6 Å². The third kappa shape index (κ3) is 2.10. The van der Waals surface area contributed by atoms with Crippen molar-refractivity contribution in [1.82, 2.24) is 4.98 Å². The molecule has 0 spiro atoms. The summed E-state index contributed by atoms with van der Waals surface area (Å²) in [5, 5.41) is -1.72. The number of halogens is 4. The predicted molar refractivity (Wildman–Crippen MR) is 47.2 cm³/mol. The standard InChI is InChI=1S/C7H3Cl2F2NO2/c8-5-4(7(10)11)2(6(9)14)1-3(13)12-5/h1,7H,(H,12,13). The van der Waals surface area contributed by atoms with Gasteiger partial charge in [-0.25, -0.2) is 8.78 Å². The summed E-state index contributed by atoms with van der Waals surface area (Å²) < 4.78 is 24.7. The second-order valence-corrected chi connectivity index (χ2v) is 3.07. The van der Waals surface area contributed by atoms with Crippen LogP contribution in [0.1, 0.15) is 22.3 Å². The fourth-order valence-electron chi connectivity index (χ4n) is 0.915. The number of alkyl halides is 2. The van der Waals surface area contributed by atoms with Gasteiger partial charge in [0.15, 0.2) is 0 Å². The highest BCUT2D eigenvalue weighted by Gasteiger charge is 2.21. The molecule has 7 heteroatoms. The number of hydrogen-bond acceptors (Lipinski definition) is 2. The maximum atomic E-state index is 12.4. The molecule has 1 N–H and O–H groups in total. The Labute approximate surface area is 86.6 Å². The molecule has 14 heavy (non-hydrogen) atoms. The summed E-state index contributed by atoms with van der Waals surface area (Å²) in [7, 11) is 0. The van der Waals surface area contributed by atoms with Crippen LogP contribution in [-0.4, -0.2) is 10.2 Å². The summed E-state index contributed by atoms with van der Waals surface area (Å²) >= 11 is 10.3. The Hall–Kier alpha value is -0.940. The van der Waals surface area contributed by atoms with E-state index in [-0.39, 0.29) is 0 Å². The van der Waals surface area contributed by atoms with Crippen LogP contribution in [-0.2, 0) is 0 Å². The Kier molecular flexibility index (Phi) is 3.23. The first kappa shape index (κ1) is 11.1. The number of H-pyrrole nitrogens is 1. The number of hydrogen-bond donors (Lipinski definition) is 1. The van der Waals surface area contributed by atoms with Gasteiger partial charge < -0.3 is 4.98 Å². The molecule has 1 heterocycles. The van der Waals surface area contributed by atoms with Gasteiger partial charge in [0.2, 0.25) is 5.56 Å². The summed E-state index contributed by atoms with van der Waals surface area (Å²) in [5.41, 5.74) is -2.09. The zero-order valence-corrected chi connectivity index (χ0v) is 7.99. The smallest absolute Gasteiger partial charge is 0.267 e. The average molecular weight is 242 g/mol. The first-order chi connectivity index (χ1) is 6.43. The van der Waals surface area contributed by atoms with Crippen molar-refractivity contribution in [3.05, 3.63) is 32.7 Å². The van der Waals surface area contributed by atoms with Gasteiger partial charge in [0.25, 0.3) is 11.7 Å². The summed E-state index contributed by atoms with van der Waals surface area (Å²) in [6, 6.07) is 0.683. The van der Waals surface area contributed by atoms with Crippen molar-refractivity contribution >= 4 is 28.4 Å². The molecular formula is C7H3Cl2F2NO2. The van der Waals surface area contributed by atoms with E-state index < -0.39 is 33.5 Å². The highest BCUT2D eigenvalue weighted by atomic mass is 35.5. The highest BCUT2D eigenvalue weighted by Crippen LogP contribution is 2.28. The molecule has 1 rings (SSSR count). The molecule has 3 nitrogen and oxygen atoms in total. The zero-order chi connectivity index (χ0) is 10.9. The van der Waals surface area contributed by atoms with Gasteiger partial charge in [-0.15, -0.1) is 0 Å². The topological polar surface area (TPSA) is 49.9 Å². The van der Waals surface area contributed by atoms with E-state index in [1.165, 1.54) is 0 Å². The maximum Gasteiger partial charge on any atom is 0.267 e. The third-order valence-electron chi connectivity index (χ3n) is 1.46. The lowest BCUT2D eigenvalue weighted by Crippen LogP contribution is -2.12. The molecule has 0 saturated heterocycles. The van der Waals surface area contributed by atoms with E-state index >= 15 is 0 Å². The normalized spacial score (nSPS) is 10.6. The lowest BCUT2D eigenvalue weighted by atomic mass is 10.1. The minimum atomic E-state index is -2.97. The number of carbonyl (C=O) groups is 1. The predicted octanol–water partition coefficient (Wildman–Crippen LogP) is 2.34. The Morgan fingerprint density at radius 1 is 1.50 bits per heavy atom. The monoisotopic (exact) mass is 241 g/mol. The van der Waals surface area contributed by atoms with E-state index in [9.17, 15) is 18.4 Å². The molecule has 0 fully saturated rings. The number of aromatic amines is 1. The number of rotatable bonds is 2. The Bertz CT molecular complexity index is 430. The molecule has 0 saturated carbocycles. The molecule has 0 amide bonds. The van der Waals surface area contributed by atoms with E-state index in [4.69, 9.17) is 23.2 Å². The number of nitrogens with one attached hydrogen (secondary N) is 1. The molecule has 0 aromatic carbocycles. The number of carbonyl (C=O) groups excluding carboxylic acids is 1. The molecule has 0 radical (unpaired) electrons. The SMILES string of the molecule is O=C(Cl)c1cc(=O)[nH]c(Cl)c1C(F)F. The lowest BCUT2D eigenvalue weighted by molar-refractivity contribution is 0.106. The molecular weight excluding hydrogens is 239 g/mol. The van der Waals surface area contributed by atoms with Crippen LogP contribution in [0.2, 0.25) is 5.15 Å². The third-order valence-corrected chi connectivity index (χ3v) is 1.97. The summed E-state index contributed by atoms with van der Waals surface area (Å²) in [6.07, 6.45) is -2.97. The minimum absolute atomic E-state index is 0.573. The van der Waals surface area contributed by atoms with Gasteiger partial charge in [-0.2, -0.15) is 0 Å². The summed E-state index contributed by atoms with van der Waals surface area (Å²) in [4.78, 5) is 23.4. The molecule has 0 bridgehead atoms. The van der Waals surface area contributed by atoms with E-state index in [1.807, 2.05) is 4.98 Å². The number of pyridine rings is 1. The van der Waals surface area contributed by atoms with E-state index in [0.717, 1.165) is 0 Å². The van der Waals surface area contributed by atoms with Crippen LogP contribution in [0, 0.1) is 0 Å². The lowest BCUT2D eigenvalue weighted by Gasteiger charge is -2.05. The molecule has 0 atom stereocenters. The molecule has 0 unspecified atom stereocenters. The van der Waals surface area contributed by atoms with Crippen LogP contribution in [0.5, 0.6) is 0 Å². The van der Waals surface area contributed by atoms with Crippen molar-refractivity contribution in [3.8, 4) is 0 Å². The van der Waals surface area contributed by atoms with Gasteiger partial charge in [0, 0.05) is 6.07 Å². The molecule has 76 valence electrons. The van der Waals surface area contributed by atoms with Crippen molar-refractivity contribution < 1.29 is 13.6 Å². The first-order valence-corrected chi connectivity index (χ1v) is 4.09. The summed E-state index contributed by atoms with van der Waals surface area (Å²) in [5.74, 6) is 0. The molecule has 0 aliphatic heterocycles. The zero-order valence-electron chi connectivity index (χ0n) is 6.48. The van der Waals surface area contributed by atoms with Gasteiger partial charge in [-0.3, -0.25) is 9.59 Å². The Morgan fingerprint density at radius 2 is 2.07 bits per heavy atom. The second-order valence-electron chi connectivity index (χ2n) is 2.35. The Morgan fingerprint density at radius 3 is 2.50 bits per heavy atom. The second kappa shape index (κ2) is 4.06. The van der Waals surface area contributed by atoms with Crippen LogP contribution in [0.4, 0.5) is 8.78 Å². The van der Waals surface area contributed by atoms with E-state index in [0.29, 0.717) is 6.07 Å². The van der Waals surface area contributed by atoms with Crippen molar-refractivity contribution in [3.63, 3.8) is 0 Å². The fourth-order valence-corrected chi connectivity index (χ4v) is 1.35. The van der Waals surface area contributed by atoms with Gasteiger partial charge in [-0.1, -0.05) is 11.6 Å². The van der Waals surface area contributed by atoms with Crippen LogP contribution in [0.3, 0.4) is 0 Å². The van der Waals surface area contributed by atoms with Crippen molar-refractivity contribution in [2.45, 2.75) is 6.43 Å². The highest BCUT2D eigenvalue weighted by molar-refractivity contribution is 6.68. The van der Waals surface area contributed by atoms with Crippen LogP contribution >= 0.6 is 23.2 Å². The molecule has 1 aromatic heterocycles.